The normalized spacial score (nSPS) is 17.3. The summed E-state index contributed by atoms with van der Waals surface area (Å²) in [5.41, 5.74) is 1.01. The molecule has 4 rings (SSSR count). The second-order valence-electron chi connectivity index (χ2n) is 5.94. The number of aliphatic imine (C=N–C) groups is 1. The highest BCUT2D eigenvalue weighted by Crippen LogP contribution is 2.33. The second-order valence-corrected chi connectivity index (χ2v) is 5.94. The number of ether oxygens (including phenoxy) is 1. The number of fused-ring (bicyclic) bond motifs is 1. The summed E-state index contributed by atoms with van der Waals surface area (Å²) >= 11 is 0. The lowest BCUT2D eigenvalue weighted by molar-refractivity contribution is 0.0672. The Bertz CT molecular complexity index is 814. The first kappa shape index (κ1) is 16.0. The van der Waals surface area contributed by atoms with Gasteiger partial charge in [-0.3, -0.25) is 0 Å². The van der Waals surface area contributed by atoms with Crippen LogP contribution in [0, 0.1) is 17.5 Å². The summed E-state index contributed by atoms with van der Waals surface area (Å²) in [7, 11) is 0. The molecule has 0 bridgehead atoms. The number of hydrogen-bond acceptors (Lipinski definition) is 4. The molecule has 0 unspecified atom stereocenters. The summed E-state index contributed by atoms with van der Waals surface area (Å²) in [6, 6.07) is 7.99. The maximum atomic E-state index is 14.4. The molecule has 1 saturated heterocycles. The molecule has 0 spiro atoms. The first-order valence-electron chi connectivity index (χ1n) is 8.05. The third-order valence-electron chi connectivity index (χ3n) is 4.33. The molecule has 0 aliphatic carbocycles. The van der Waals surface area contributed by atoms with Crippen LogP contribution in [0.2, 0.25) is 0 Å². The Morgan fingerprint density at radius 2 is 1.68 bits per heavy atom. The number of guanidine groups is 1. The van der Waals surface area contributed by atoms with Crippen molar-refractivity contribution in [3.05, 3.63) is 59.4 Å². The molecule has 4 nitrogen and oxygen atoms in total. The number of anilines is 1. The molecule has 25 heavy (non-hydrogen) atoms. The molecule has 0 saturated carbocycles. The fourth-order valence-corrected chi connectivity index (χ4v) is 3.13. The van der Waals surface area contributed by atoms with Gasteiger partial charge >= 0.3 is 0 Å². The highest BCUT2D eigenvalue weighted by Gasteiger charge is 2.30. The number of morpholine rings is 1. The largest absolute Gasteiger partial charge is 0.378 e. The van der Waals surface area contributed by atoms with Crippen LogP contribution in [0.15, 0.2) is 41.4 Å². The van der Waals surface area contributed by atoms with Gasteiger partial charge < -0.3 is 14.5 Å². The summed E-state index contributed by atoms with van der Waals surface area (Å²) in [6.45, 7) is 2.32. The zero-order valence-corrected chi connectivity index (χ0v) is 13.4. The number of halogens is 3. The van der Waals surface area contributed by atoms with Gasteiger partial charge in [0.2, 0.25) is 5.96 Å². The van der Waals surface area contributed by atoms with E-state index in [1.807, 2.05) is 4.90 Å². The highest BCUT2D eigenvalue weighted by atomic mass is 19.1. The van der Waals surface area contributed by atoms with Gasteiger partial charge in [-0.15, -0.1) is 0 Å². The minimum absolute atomic E-state index is 0.140. The Hall–Kier alpha value is -2.54. The van der Waals surface area contributed by atoms with Crippen molar-refractivity contribution in [2.75, 3.05) is 31.2 Å². The van der Waals surface area contributed by atoms with Crippen molar-refractivity contribution in [2.24, 2.45) is 4.99 Å². The van der Waals surface area contributed by atoms with Gasteiger partial charge in [0.1, 0.15) is 23.1 Å². The van der Waals surface area contributed by atoms with Gasteiger partial charge in [0, 0.05) is 18.7 Å². The van der Waals surface area contributed by atoms with Gasteiger partial charge in [-0.25, -0.2) is 18.2 Å². The number of benzene rings is 2. The van der Waals surface area contributed by atoms with E-state index in [4.69, 9.17) is 4.74 Å². The zero-order valence-electron chi connectivity index (χ0n) is 13.4. The molecule has 2 heterocycles. The quantitative estimate of drug-likeness (QED) is 0.791. The van der Waals surface area contributed by atoms with Crippen LogP contribution in [0.4, 0.5) is 24.5 Å². The van der Waals surface area contributed by atoms with Crippen molar-refractivity contribution >= 4 is 17.3 Å². The standard InChI is InChI=1S/C18H16F3N3O/c19-13-4-5-16-12(10-13)11-24(17-14(20)2-1-3-15(17)21)18(22-16)23-6-8-25-9-7-23/h1-5,10H,6-9,11H2. The first-order chi connectivity index (χ1) is 12.1. The van der Waals surface area contributed by atoms with E-state index in [-0.39, 0.29) is 12.2 Å². The minimum Gasteiger partial charge on any atom is -0.378 e. The minimum atomic E-state index is -0.680. The Morgan fingerprint density at radius 3 is 2.40 bits per heavy atom. The van der Waals surface area contributed by atoms with Gasteiger partial charge in [-0.05, 0) is 30.3 Å². The molecule has 0 amide bonds. The van der Waals surface area contributed by atoms with Gasteiger partial charge in [0.05, 0.1) is 25.4 Å². The van der Waals surface area contributed by atoms with Crippen LogP contribution >= 0.6 is 0 Å². The average Bonchev–Trinajstić information content (AvgIpc) is 2.61. The monoisotopic (exact) mass is 347 g/mol. The molecule has 130 valence electrons. The maximum absolute atomic E-state index is 14.4. The van der Waals surface area contributed by atoms with E-state index < -0.39 is 17.5 Å². The predicted molar refractivity (Wildman–Crippen MR) is 88.4 cm³/mol. The zero-order chi connectivity index (χ0) is 17.4. The molecular weight excluding hydrogens is 331 g/mol. The van der Waals surface area contributed by atoms with E-state index in [0.717, 1.165) is 0 Å². The molecular formula is C18H16F3N3O. The lowest BCUT2D eigenvalue weighted by atomic mass is 10.1. The van der Waals surface area contributed by atoms with Crippen molar-refractivity contribution < 1.29 is 17.9 Å². The van der Waals surface area contributed by atoms with Crippen LogP contribution in [0.3, 0.4) is 0 Å². The maximum Gasteiger partial charge on any atom is 0.207 e. The van der Waals surface area contributed by atoms with E-state index >= 15 is 0 Å². The SMILES string of the molecule is Fc1ccc2c(c1)CN(c1c(F)cccc1F)C(N1CCOCC1)=N2. The lowest BCUT2D eigenvalue weighted by Crippen LogP contribution is -2.50. The van der Waals surface area contributed by atoms with Gasteiger partial charge in [-0.1, -0.05) is 6.07 Å². The van der Waals surface area contributed by atoms with Crippen LogP contribution in [0.1, 0.15) is 5.56 Å². The topological polar surface area (TPSA) is 28.1 Å². The summed E-state index contributed by atoms with van der Waals surface area (Å²) < 4.78 is 47.7. The molecule has 2 aliphatic rings. The van der Waals surface area contributed by atoms with Gasteiger partial charge in [0.15, 0.2) is 0 Å². The Labute approximate surface area is 143 Å². The Kier molecular flexibility index (Phi) is 4.09. The Morgan fingerprint density at radius 1 is 0.960 bits per heavy atom. The third kappa shape index (κ3) is 2.95. The van der Waals surface area contributed by atoms with Crippen molar-refractivity contribution in [1.82, 2.24) is 4.90 Å². The highest BCUT2D eigenvalue weighted by molar-refractivity contribution is 5.99. The van der Waals surface area contributed by atoms with Crippen LogP contribution in [-0.2, 0) is 11.3 Å². The van der Waals surface area contributed by atoms with Crippen molar-refractivity contribution in [1.29, 1.82) is 0 Å². The molecule has 0 radical (unpaired) electrons. The predicted octanol–water partition coefficient (Wildman–Crippen LogP) is 3.44. The van der Waals surface area contributed by atoms with E-state index in [1.165, 1.54) is 35.2 Å². The molecule has 0 atom stereocenters. The first-order valence-corrected chi connectivity index (χ1v) is 8.05. The molecule has 7 heteroatoms. The van der Waals surface area contributed by atoms with E-state index in [9.17, 15) is 13.2 Å². The van der Waals surface area contributed by atoms with Crippen molar-refractivity contribution in [3.63, 3.8) is 0 Å². The van der Waals surface area contributed by atoms with E-state index in [2.05, 4.69) is 4.99 Å². The molecule has 1 fully saturated rings. The van der Waals surface area contributed by atoms with Crippen LogP contribution in [0.25, 0.3) is 0 Å². The van der Waals surface area contributed by atoms with Crippen LogP contribution in [-0.4, -0.2) is 37.2 Å². The second kappa shape index (κ2) is 6.40. The molecule has 2 aliphatic heterocycles. The van der Waals surface area contributed by atoms with E-state index in [1.54, 1.807) is 6.07 Å². The number of para-hydroxylation sites is 1. The average molecular weight is 347 g/mol. The molecule has 2 aromatic carbocycles. The molecule has 0 N–H and O–H groups in total. The number of nitrogens with zero attached hydrogens (tertiary/aromatic N) is 3. The van der Waals surface area contributed by atoms with Gasteiger partial charge in [0.25, 0.3) is 0 Å². The van der Waals surface area contributed by atoms with Crippen LogP contribution < -0.4 is 4.90 Å². The molecule has 0 aromatic heterocycles. The van der Waals surface area contributed by atoms with Gasteiger partial charge in [-0.2, -0.15) is 0 Å². The summed E-state index contributed by atoms with van der Waals surface area (Å²) in [5.74, 6) is -1.31. The third-order valence-corrected chi connectivity index (χ3v) is 4.33. The lowest BCUT2D eigenvalue weighted by Gasteiger charge is -2.38. The van der Waals surface area contributed by atoms with Crippen molar-refractivity contribution in [2.45, 2.75) is 6.54 Å². The fraction of sp³-hybridized carbons (Fsp3) is 0.278. The van der Waals surface area contributed by atoms with Crippen molar-refractivity contribution in [3.8, 4) is 0 Å². The Balaban J connectivity index is 1.83. The number of hydrogen-bond donors (Lipinski definition) is 0. The fourth-order valence-electron chi connectivity index (χ4n) is 3.13. The molecule has 2 aromatic rings. The van der Waals surface area contributed by atoms with E-state index in [0.29, 0.717) is 43.5 Å². The summed E-state index contributed by atoms with van der Waals surface area (Å²) in [6.07, 6.45) is 0. The summed E-state index contributed by atoms with van der Waals surface area (Å²) in [5, 5.41) is 0. The smallest absolute Gasteiger partial charge is 0.207 e. The summed E-state index contributed by atoms with van der Waals surface area (Å²) in [4.78, 5) is 7.97. The van der Waals surface area contributed by atoms with Crippen LogP contribution in [0.5, 0.6) is 0 Å². The number of rotatable bonds is 1.